The molecule has 0 saturated heterocycles. The van der Waals surface area contributed by atoms with Gasteiger partial charge in [-0.15, -0.1) is 5.10 Å². The molecule has 1 aromatic heterocycles. The lowest BCUT2D eigenvalue weighted by atomic mass is 10.2. The molecule has 0 saturated carbocycles. The van der Waals surface area contributed by atoms with Crippen molar-refractivity contribution in [3.8, 4) is 0 Å². The fraction of sp³-hybridized carbons (Fsp3) is 0.571. The molecule has 10 heteroatoms. The average molecular weight is 327 g/mol. The molecule has 0 bridgehead atoms. The topological polar surface area (TPSA) is 114 Å². The van der Waals surface area contributed by atoms with E-state index in [1.807, 2.05) is 0 Å². The molecule has 96 valence electrons. The third-order valence-corrected chi connectivity index (χ3v) is 4.35. The number of halogens is 1. The molecule has 0 radical (unpaired) electrons. The van der Waals surface area contributed by atoms with Crippen LogP contribution in [-0.2, 0) is 21.9 Å². The molecule has 0 aliphatic heterocycles. The zero-order valence-electron chi connectivity index (χ0n) is 9.08. The lowest BCUT2D eigenvalue weighted by Crippen LogP contribution is -2.40. The van der Waals surface area contributed by atoms with Gasteiger partial charge in [-0.1, -0.05) is 12.1 Å². The summed E-state index contributed by atoms with van der Waals surface area (Å²) in [5.74, 6) is -1.23. The summed E-state index contributed by atoms with van der Waals surface area (Å²) < 4.78 is 27.0. The number of hydrogen-bond donors (Lipinski definition) is 2. The van der Waals surface area contributed by atoms with Crippen LogP contribution < -0.4 is 4.72 Å². The second-order valence-electron chi connectivity index (χ2n) is 3.23. The Morgan fingerprint density at radius 1 is 1.65 bits per heavy atom. The molecule has 1 rings (SSSR count). The molecule has 1 aromatic rings. The van der Waals surface area contributed by atoms with E-state index in [9.17, 15) is 13.2 Å². The maximum Gasteiger partial charge on any atom is 0.321 e. The quantitative estimate of drug-likeness (QED) is 0.769. The van der Waals surface area contributed by atoms with Gasteiger partial charge in [0.25, 0.3) is 10.0 Å². The smallest absolute Gasteiger partial charge is 0.321 e. The van der Waals surface area contributed by atoms with E-state index in [1.54, 1.807) is 6.92 Å². The first kappa shape index (κ1) is 14.1. The number of carboxylic acids is 1. The summed E-state index contributed by atoms with van der Waals surface area (Å²) >= 11 is 2.94. The first-order valence-electron chi connectivity index (χ1n) is 4.60. The van der Waals surface area contributed by atoms with Crippen LogP contribution in [0.15, 0.2) is 9.63 Å². The summed E-state index contributed by atoms with van der Waals surface area (Å²) in [6, 6.07) is -1.18. The van der Waals surface area contributed by atoms with Crippen molar-refractivity contribution in [3.63, 3.8) is 0 Å². The van der Waals surface area contributed by atoms with E-state index < -0.39 is 22.0 Å². The van der Waals surface area contributed by atoms with Crippen molar-refractivity contribution < 1.29 is 18.3 Å². The molecule has 0 aromatic carbocycles. The maximum atomic E-state index is 11.9. The number of aromatic nitrogens is 3. The van der Waals surface area contributed by atoms with E-state index in [0.717, 1.165) is 4.68 Å². The number of carbonyl (C=O) groups is 1. The lowest BCUT2D eigenvalue weighted by Gasteiger charge is -2.12. The van der Waals surface area contributed by atoms with Gasteiger partial charge in [-0.05, 0) is 22.4 Å². The normalized spacial score (nSPS) is 13.6. The van der Waals surface area contributed by atoms with Crippen LogP contribution in [0.3, 0.4) is 0 Å². The van der Waals surface area contributed by atoms with Gasteiger partial charge in [-0.2, -0.15) is 4.72 Å². The molecule has 0 fully saturated rings. The van der Waals surface area contributed by atoms with E-state index >= 15 is 0 Å². The van der Waals surface area contributed by atoms with Gasteiger partial charge in [0, 0.05) is 7.05 Å². The highest BCUT2D eigenvalue weighted by molar-refractivity contribution is 9.10. The van der Waals surface area contributed by atoms with Crippen LogP contribution in [0, 0.1) is 0 Å². The minimum atomic E-state index is -3.97. The molecular formula is C7H11BrN4O4S. The summed E-state index contributed by atoms with van der Waals surface area (Å²) in [4.78, 5) is 10.8. The molecule has 0 unspecified atom stereocenters. The van der Waals surface area contributed by atoms with E-state index in [2.05, 4.69) is 31.0 Å². The second-order valence-corrected chi connectivity index (χ2v) is 5.61. The van der Waals surface area contributed by atoms with Crippen molar-refractivity contribution in [2.45, 2.75) is 24.4 Å². The number of nitrogens with zero attached hydrogens (tertiary/aromatic N) is 3. The Labute approximate surface area is 106 Å². The average Bonchev–Trinajstić information content (AvgIpc) is 2.55. The molecule has 1 heterocycles. The first-order chi connectivity index (χ1) is 7.79. The van der Waals surface area contributed by atoms with Crippen LogP contribution in [0.2, 0.25) is 0 Å². The van der Waals surface area contributed by atoms with Crippen LogP contribution in [0.1, 0.15) is 13.3 Å². The zero-order valence-corrected chi connectivity index (χ0v) is 11.5. The predicted octanol–water partition coefficient (Wildman–Crippen LogP) is -0.281. The third-order valence-electron chi connectivity index (χ3n) is 2.00. The van der Waals surface area contributed by atoms with Crippen LogP contribution in [-0.4, -0.2) is 40.5 Å². The highest BCUT2D eigenvalue weighted by Crippen LogP contribution is 2.18. The summed E-state index contributed by atoms with van der Waals surface area (Å²) in [5.41, 5.74) is 0. The van der Waals surface area contributed by atoms with Crippen LogP contribution in [0.25, 0.3) is 0 Å². The van der Waals surface area contributed by atoms with Gasteiger partial charge in [0.15, 0.2) is 4.60 Å². The Morgan fingerprint density at radius 2 is 2.24 bits per heavy atom. The van der Waals surface area contributed by atoms with E-state index in [1.165, 1.54) is 7.05 Å². The Morgan fingerprint density at radius 3 is 2.59 bits per heavy atom. The van der Waals surface area contributed by atoms with Crippen molar-refractivity contribution in [3.05, 3.63) is 4.60 Å². The number of carboxylic acid groups (broad SMARTS) is 1. The fourth-order valence-corrected chi connectivity index (χ4v) is 3.53. The molecule has 1 atom stereocenters. The fourth-order valence-electron chi connectivity index (χ4n) is 1.16. The van der Waals surface area contributed by atoms with Crippen molar-refractivity contribution in [1.82, 2.24) is 19.7 Å². The van der Waals surface area contributed by atoms with Gasteiger partial charge in [0.1, 0.15) is 6.04 Å². The lowest BCUT2D eigenvalue weighted by molar-refractivity contribution is -0.139. The largest absolute Gasteiger partial charge is 0.480 e. The SMILES string of the molecule is CC[C@H](NS(=O)(=O)c1c(Br)nnn1C)C(=O)O. The molecule has 0 amide bonds. The molecule has 2 N–H and O–H groups in total. The van der Waals surface area contributed by atoms with Crippen molar-refractivity contribution in [1.29, 1.82) is 0 Å². The molecular weight excluding hydrogens is 316 g/mol. The molecule has 0 aliphatic carbocycles. The number of aryl methyl sites for hydroxylation is 1. The first-order valence-corrected chi connectivity index (χ1v) is 6.87. The highest BCUT2D eigenvalue weighted by atomic mass is 79.9. The van der Waals surface area contributed by atoms with E-state index in [0.29, 0.717) is 0 Å². The number of aliphatic carboxylic acids is 1. The number of sulfonamides is 1. The minimum absolute atomic E-state index is 0.0349. The van der Waals surface area contributed by atoms with Gasteiger partial charge in [-0.3, -0.25) is 4.79 Å². The van der Waals surface area contributed by atoms with Crippen molar-refractivity contribution in [2.75, 3.05) is 0 Å². The molecule has 0 aliphatic rings. The maximum absolute atomic E-state index is 11.9. The molecule has 17 heavy (non-hydrogen) atoms. The summed E-state index contributed by atoms with van der Waals surface area (Å²) in [7, 11) is -2.58. The summed E-state index contributed by atoms with van der Waals surface area (Å²) in [6.45, 7) is 1.57. The van der Waals surface area contributed by atoms with Crippen molar-refractivity contribution >= 4 is 31.9 Å². The Bertz CT molecular complexity index is 506. The molecule has 8 nitrogen and oxygen atoms in total. The predicted molar refractivity (Wildman–Crippen MR) is 60.7 cm³/mol. The van der Waals surface area contributed by atoms with E-state index in [4.69, 9.17) is 5.11 Å². The van der Waals surface area contributed by atoms with Gasteiger partial charge in [0.05, 0.1) is 0 Å². The van der Waals surface area contributed by atoms with Gasteiger partial charge in [-0.25, -0.2) is 13.1 Å². The minimum Gasteiger partial charge on any atom is -0.480 e. The van der Waals surface area contributed by atoms with Crippen LogP contribution >= 0.6 is 15.9 Å². The third kappa shape index (κ3) is 3.01. The van der Waals surface area contributed by atoms with Crippen molar-refractivity contribution in [2.24, 2.45) is 7.05 Å². The Hall–Kier alpha value is -1.00. The van der Waals surface area contributed by atoms with Crippen LogP contribution in [0.5, 0.6) is 0 Å². The monoisotopic (exact) mass is 326 g/mol. The van der Waals surface area contributed by atoms with Crippen LogP contribution in [0.4, 0.5) is 0 Å². The molecule has 0 spiro atoms. The highest BCUT2D eigenvalue weighted by Gasteiger charge is 2.29. The van der Waals surface area contributed by atoms with Gasteiger partial charge < -0.3 is 5.11 Å². The summed E-state index contributed by atoms with van der Waals surface area (Å²) in [5, 5.41) is 15.6. The Kier molecular flexibility index (Phi) is 4.22. The van der Waals surface area contributed by atoms with E-state index in [-0.39, 0.29) is 16.0 Å². The number of hydrogen-bond acceptors (Lipinski definition) is 5. The zero-order chi connectivity index (χ0) is 13.2. The number of nitrogens with one attached hydrogen (secondary N) is 1. The van der Waals surface area contributed by atoms with Gasteiger partial charge >= 0.3 is 5.97 Å². The second kappa shape index (κ2) is 5.10. The standard InChI is InChI=1S/C7H11BrN4O4S/c1-3-4(7(13)14)10-17(15,16)6-5(8)9-11-12(6)2/h4,10H,3H2,1-2H3,(H,13,14)/t4-/m0/s1. The van der Waals surface area contributed by atoms with Gasteiger partial charge in [0.2, 0.25) is 5.03 Å². The number of rotatable bonds is 5. The summed E-state index contributed by atoms with van der Waals surface area (Å²) in [6.07, 6.45) is 0.136. The Balaban J connectivity index is 3.09.